The van der Waals surface area contributed by atoms with Crippen LogP contribution in [0.3, 0.4) is 0 Å². The SMILES string of the molecule is CCOc1ccc(C=CC(=O)NC(CC(=O)OC)c2ccc(Br)cc2)cc1. The van der Waals surface area contributed by atoms with Crippen LogP contribution in [0.15, 0.2) is 59.1 Å². The molecule has 0 heterocycles. The molecule has 0 spiro atoms. The normalized spacial score (nSPS) is 11.8. The fraction of sp³-hybridized carbons (Fsp3) is 0.238. The van der Waals surface area contributed by atoms with E-state index in [1.54, 1.807) is 6.08 Å². The molecule has 0 aliphatic rings. The van der Waals surface area contributed by atoms with Crippen molar-refractivity contribution in [3.05, 3.63) is 70.2 Å². The van der Waals surface area contributed by atoms with Gasteiger partial charge in [0.25, 0.3) is 0 Å². The molecule has 0 saturated carbocycles. The molecule has 2 aromatic carbocycles. The smallest absolute Gasteiger partial charge is 0.307 e. The number of rotatable bonds is 8. The van der Waals surface area contributed by atoms with E-state index in [0.29, 0.717) is 6.61 Å². The van der Waals surface area contributed by atoms with Gasteiger partial charge in [0.15, 0.2) is 0 Å². The van der Waals surface area contributed by atoms with Gasteiger partial charge in [-0.05, 0) is 48.4 Å². The monoisotopic (exact) mass is 431 g/mol. The predicted molar refractivity (Wildman–Crippen MR) is 108 cm³/mol. The second kappa shape index (κ2) is 10.5. The maximum absolute atomic E-state index is 12.3. The third kappa shape index (κ3) is 6.90. The Morgan fingerprint density at radius 2 is 1.78 bits per heavy atom. The number of nitrogens with one attached hydrogen (secondary N) is 1. The summed E-state index contributed by atoms with van der Waals surface area (Å²) >= 11 is 3.38. The average molecular weight is 432 g/mol. The van der Waals surface area contributed by atoms with Crippen LogP contribution in [-0.4, -0.2) is 25.6 Å². The van der Waals surface area contributed by atoms with E-state index < -0.39 is 12.0 Å². The minimum atomic E-state index is -0.469. The van der Waals surface area contributed by atoms with Crippen molar-refractivity contribution in [1.82, 2.24) is 5.32 Å². The van der Waals surface area contributed by atoms with Gasteiger partial charge in [-0.1, -0.05) is 40.2 Å². The Balaban J connectivity index is 2.05. The predicted octanol–water partition coefficient (Wildman–Crippen LogP) is 4.28. The van der Waals surface area contributed by atoms with Crippen molar-refractivity contribution in [2.75, 3.05) is 13.7 Å². The molecular formula is C21H22BrNO4. The first-order valence-electron chi connectivity index (χ1n) is 8.55. The zero-order chi connectivity index (χ0) is 19.6. The van der Waals surface area contributed by atoms with Gasteiger partial charge in [0, 0.05) is 10.5 Å². The Morgan fingerprint density at radius 1 is 1.11 bits per heavy atom. The van der Waals surface area contributed by atoms with Crippen LogP contribution in [-0.2, 0) is 14.3 Å². The molecule has 0 bridgehead atoms. The summed E-state index contributed by atoms with van der Waals surface area (Å²) in [5, 5.41) is 2.85. The summed E-state index contributed by atoms with van der Waals surface area (Å²) in [5.74, 6) is 0.104. The molecule has 27 heavy (non-hydrogen) atoms. The van der Waals surface area contributed by atoms with E-state index in [0.717, 1.165) is 21.3 Å². The molecule has 1 unspecified atom stereocenters. The highest BCUT2D eigenvalue weighted by Crippen LogP contribution is 2.20. The zero-order valence-corrected chi connectivity index (χ0v) is 16.9. The Hall–Kier alpha value is -2.60. The molecule has 0 fully saturated rings. The molecule has 0 aliphatic carbocycles. The van der Waals surface area contributed by atoms with Crippen molar-refractivity contribution in [3.63, 3.8) is 0 Å². The molecule has 2 aromatic rings. The first-order chi connectivity index (χ1) is 13.0. The van der Waals surface area contributed by atoms with Gasteiger partial charge in [-0.2, -0.15) is 0 Å². The van der Waals surface area contributed by atoms with Crippen molar-refractivity contribution in [2.24, 2.45) is 0 Å². The molecule has 6 heteroatoms. The van der Waals surface area contributed by atoms with E-state index in [4.69, 9.17) is 9.47 Å². The van der Waals surface area contributed by atoms with Crippen LogP contribution in [0.25, 0.3) is 6.08 Å². The number of halogens is 1. The number of carbonyl (C=O) groups is 2. The molecule has 1 amide bonds. The average Bonchev–Trinajstić information content (AvgIpc) is 2.67. The van der Waals surface area contributed by atoms with E-state index in [-0.39, 0.29) is 12.3 Å². The Morgan fingerprint density at radius 3 is 2.37 bits per heavy atom. The fourth-order valence-electron chi connectivity index (χ4n) is 2.43. The van der Waals surface area contributed by atoms with Crippen LogP contribution < -0.4 is 10.1 Å². The van der Waals surface area contributed by atoms with Crippen LogP contribution in [0.5, 0.6) is 5.75 Å². The van der Waals surface area contributed by atoms with Gasteiger partial charge in [-0.15, -0.1) is 0 Å². The Labute approximate surface area is 167 Å². The van der Waals surface area contributed by atoms with Crippen molar-refractivity contribution in [3.8, 4) is 5.75 Å². The molecule has 0 radical (unpaired) electrons. The lowest BCUT2D eigenvalue weighted by Gasteiger charge is -2.17. The number of hydrogen-bond acceptors (Lipinski definition) is 4. The van der Waals surface area contributed by atoms with Crippen LogP contribution in [0.2, 0.25) is 0 Å². The molecule has 142 valence electrons. The minimum absolute atomic E-state index is 0.0563. The van der Waals surface area contributed by atoms with Crippen molar-refractivity contribution >= 4 is 33.9 Å². The standard InChI is InChI=1S/C21H22BrNO4/c1-3-27-18-11-4-15(5-12-18)6-13-20(24)23-19(14-21(25)26-2)16-7-9-17(22)10-8-16/h4-13,19H,3,14H2,1-2H3,(H,23,24). The Bertz CT molecular complexity index is 785. The van der Waals surface area contributed by atoms with Crippen LogP contribution >= 0.6 is 15.9 Å². The summed E-state index contributed by atoms with van der Waals surface area (Å²) in [7, 11) is 1.33. The van der Waals surface area contributed by atoms with E-state index in [1.807, 2.05) is 55.5 Å². The van der Waals surface area contributed by atoms with Gasteiger partial charge in [0.1, 0.15) is 5.75 Å². The molecule has 0 aromatic heterocycles. The first-order valence-corrected chi connectivity index (χ1v) is 9.35. The van der Waals surface area contributed by atoms with E-state index in [1.165, 1.54) is 13.2 Å². The van der Waals surface area contributed by atoms with Crippen molar-refractivity contribution in [2.45, 2.75) is 19.4 Å². The topological polar surface area (TPSA) is 64.6 Å². The number of carbonyl (C=O) groups excluding carboxylic acids is 2. The lowest BCUT2D eigenvalue weighted by Crippen LogP contribution is -2.29. The molecule has 0 aliphatic heterocycles. The molecule has 5 nitrogen and oxygen atoms in total. The van der Waals surface area contributed by atoms with Crippen molar-refractivity contribution < 1.29 is 19.1 Å². The van der Waals surface area contributed by atoms with E-state index >= 15 is 0 Å². The number of benzene rings is 2. The summed E-state index contributed by atoms with van der Waals surface area (Å²) in [6.07, 6.45) is 3.21. The van der Waals surface area contributed by atoms with E-state index in [9.17, 15) is 9.59 Å². The third-order valence-corrected chi connectivity index (χ3v) is 4.33. The number of ether oxygens (including phenoxy) is 2. The van der Waals surface area contributed by atoms with Crippen LogP contribution in [0.1, 0.15) is 30.5 Å². The summed E-state index contributed by atoms with van der Waals surface area (Å²) in [6.45, 7) is 2.53. The van der Waals surface area contributed by atoms with Crippen LogP contribution in [0.4, 0.5) is 0 Å². The zero-order valence-electron chi connectivity index (χ0n) is 15.3. The van der Waals surface area contributed by atoms with E-state index in [2.05, 4.69) is 21.2 Å². The van der Waals surface area contributed by atoms with Gasteiger partial charge in [-0.25, -0.2) is 0 Å². The van der Waals surface area contributed by atoms with Gasteiger partial charge in [-0.3, -0.25) is 9.59 Å². The highest BCUT2D eigenvalue weighted by molar-refractivity contribution is 9.10. The molecule has 1 atom stereocenters. The molecule has 2 rings (SSSR count). The second-order valence-electron chi connectivity index (χ2n) is 5.73. The summed E-state index contributed by atoms with van der Waals surface area (Å²) < 4.78 is 11.1. The van der Waals surface area contributed by atoms with Crippen LogP contribution in [0, 0.1) is 0 Å². The van der Waals surface area contributed by atoms with Gasteiger partial charge in [0.05, 0.1) is 26.2 Å². The number of methoxy groups -OCH3 is 1. The molecular weight excluding hydrogens is 410 g/mol. The van der Waals surface area contributed by atoms with Crippen molar-refractivity contribution in [1.29, 1.82) is 0 Å². The van der Waals surface area contributed by atoms with Gasteiger partial charge < -0.3 is 14.8 Å². The highest BCUT2D eigenvalue weighted by atomic mass is 79.9. The lowest BCUT2D eigenvalue weighted by atomic mass is 10.0. The number of esters is 1. The fourth-order valence-corrected chi connectivity index (χ4v) is 2.70. The van der Waals surface area contributed by atoms with Gasteiger partial charge in [0.2, 0.25) is 5.91 Å². The number of hydrogen-bond donors (Lipinski definition) is 1. The highest BCUT2D eigenvalue weighted by Gasteiger charge is 2.18. The lowest BCUT2D eigenvalue weighted by molar-refractivity contribution is -0.141. The molecule has 0 saturated heterocycles. The quantitative estimate of drug-likeness (QED) is 0.500. The maximum atomic E-state index is 12.3. The first kappa shape index (κ1) is 20.7. The Kier molecular flexibility index (Phi) is 8.07. The largest absolute Gasteiger partial charge is 0.494 e. The summed E-state index contributed by atoms with van der Waals surface area (Å²) in [5.41, 5.74) is 1.70. The summed E-state index contributed by atoms with van der Waals surface area (Å²) in [6, 6.07) is 14.4. The minimum Gasteiger partial charge on any atom is -0.494 e. The second-order valence-corrected chi connectivity index (χ2v) is 6.64. The number of amides is 1. The summed E-state index contributed by atoms with van der Waals surface area (Å²) in [4.78, 5) is 24.0. The molecule has 1 N–H and O–H groups in total. The van der Waals surface area contributed by atoms with Gasteiger partial charge >= 0.3 is 5.97 Å². The maximum Gasteiger partial charge on any atom is 0.307 e. The third-order valence-electron chi connectivity index (χ3n) is 3.81.